The summed E-state index contributed by atoms with van der Waals surface area (Å²) in [5, 5.41) is 8.66. The molecule has 62 valence electrons. The third-order valence-corrected chi connectivity index (χ3v) is 0.782. The number of hydrogen-bond acceptors (Lipinski definition) is 4. The normalized spacial score (nSPS) is 11.5. The van der Waals surface area contributed by atoms with E-state index in [-0.39, 0.29) is 25.6 Å². The third-order valence-electron chi connectivity index (χ3n) is 0.782. The smallest absolute Gasteiger partial charge is 0.336 e. The molecule has 0 spiro atoms. The van der Waals surface area contributed by atoms with Crippen LogP contribution < -0.4 is 5.73 Å². The third kappa shape index (κ3) is 4.55. The second-order valence-electron chi connectivity index (χ2n) is 1.50. The van der Waals surface area contributed by atoms with E-state index < -0.39 is 12.1 Å². The fraction of sp³-hybridized carbons (Fsp3) is 0.800. The fourth-order valence-corrected chi connectivity index (χ4v) is 0.335. The van der Waals surface area contributed by atoms with Crippen molar-refractivity contribution >= 4 is 18.4 Å². The maximum Gasteiger partial charge on any atom is 0.336 e. The Hall–Kier alpha value is -0.320. The summed E-state index contributed by atoms with van der Waals surface area (Å²) in [5.74, 6) is -0.653. The van der Waals surface area contributed by atoms with Crippen molar-refractivity contribution in [2.24, 2.45) is 5.73 Å². The standard InChI is InChI=1S/C5H11NO3.ClH/c1-2-9-5(8)4(7)3-6;/h4,7H,2-3,6H2,1H3;1H/t4-;/m1./s1. The molecule has 0 fully saturated rings. The highest BCUT2D eigenvalue weighted by atomic mass is 35.5. The molecule has 0 aliphatic carbocycles. The zero-order chi connectivity index (χ0) is 7.28. The molecule has 0 heterocycles. The van der Waals surface area contributed by atoms with Crippen LogP contribution in [0.5, 0.6) is 0 Å². The second kappa shape index (κ2) is 6.80. The van der Waals surface area contributed by atoms with Crippen LogP contribution in [-0.4, -0.2) is 30.3 Å². The average molecular weight is 170 g/mol. The summed E-state index contributed by atoms with van der Waals surface area (Å²) in [6.07, 6.45) is -1.16. The van der Waals surface area contributed by atoms with Gasteiger partial charge in [-0.05, 0) is 6.92 Å². The lowest BCUT2D eigenvalue weighted by Crippen LogP contribution is -2.30. The molecule has 0 bridgehead atoms. The van der Waals surface area contributed by atoms with E-state index in [2.05, 4.69) is 4.74 Å². The Labute approximate surface area is 65.8 Å². The molecule has 3 N–H and O–H groups in total. The summed E-state index contributed by atoms with van der Waals surface area (Å²) in [5.41, 5.74) is 4.95. The number of rotatable bonds is 3. The van der Waals surface area contributed by atoms with Crippen molar-refractivity contribution in [2.45, 2.75) is 13.0 Å². The first-order chi connectivity index (χ1) is 4.22. The molecule has 0 radical (unpaired) electrons. The molecule has 10 heavy (non-hydrogen) atoms. The van der Waals surface area contributed by atoms with Crippen LogP contribution in [0, 0.1) is 0 Å². The van der Waals surface area contributed by atoms with Gasteiger partial charge >= 0.3 is 5.97 Å². The first-order valence-corrected chi connectivity index (χ1v) is 2.77. The molecule has 0 aliphatic rings. The van der Waals surface area contributed by atoms with Crippen LogP contribution in [0.4, 0.5) is 0 Å². The summed E-state index contributed by atoms with van der Waals surface area (Å²) < 4.78 is 4.43. The molecule has 5 heteroatoms. The van der Waals surface area contributed by atoms with Gasteiger partial charge in [-0.2, -0.15) is 0 Å². The summed E-state index contributed by atoms with van der Waals surface area (Å²) in [6.45, 7) is 1.86. The maximum absolute atomic E-state index is 10.4. The van der Waals surface area contributed by atoms with Gasteiger partial charge in [0.1, 0.15) is 0 Å². The van der Waals surface area contributed by atoms with Crippen LogP contribution in [-0.2, 0) is 9.53 Å². The Morgan fingerprint density at radius 3 is 2.60 bits per heavy atom. The molecular formula is C5H12ClNO3. The summed E-state index contributed by atoms with van der Waals surface area (Å²) >= 11 is 0. The van der Waals surface area contributed by atoms with Crippen LogP contribution in [0.1, 0.15) is 6.92 Å². The van der Waals surface area contributed by atoms with Crippen molar-refractivity contribution in [1.82, 2.24) is 0 Å². The van der Waals surface area contributed by atoms with E-state index >= 15 is 0 Å². The number of halogens is 1. The van der Waals surface area contributed by atoms with Gasteiger partial charge in [0.15, 0.2) is 6.10 Å². The predicted molar refractivity (Wildman–Crippen MR) is 38.9 cm³/mol. The van der Waals surface area contributed by atoms with E-state index in [1.165, 1.54) is 0 Å². The quantitative estimate of drug-likeness (QED) is 0.548. The summed E-state index contributed by atoms with van der Waals surface area (Å²) in [4.78, 5) is 10.4. The number of esters is 1. The lowest BCUT2D eigenvalue weighted by Gasteiger charge is -2.04. The van der Waals surface area contributed by atoms with Crippen molar-refractivity contribution in [2.75, 3.05) is 13.2 Å². The topological polar surface area (TPSA) is 72.5 Å². The van der Waals surface area contributed by atoms with Gasteiger partial charge in [0.2, 0.25) is 0 Å². The molecule has 0 aromatic heterocycles. The Bertz CT molecular complexity index is 98.9. The van der Waals surface area contributed by atoms with Gasteiger partial charge in [-0.15, -0.1) is 12.4 Å². The molecule has 0 rings (SSSR count). The Balaban J connectivity index is 0. The minimum atomic E-state index is -1.16. The van der Waals surface area contributed by atoms with Crippen molar-refractivity contribution in [3.8, 4) is 0 Å². The summed E-state index contributed by atoms with van der Waals surface area (Å²) in [7, 11) is 0. The molecular weight excluding hydrogens is 158 g/mol. The molecule has 0 amide bonds. The number of carbonyl (C=O) groups is 1. The van der Waals surface area contributed by atoms with Crippen LogP contribution in [0.15, 0.2) is 0 Å². The first-order valence-electron chi connectivity index (χ1n) is 2.77. The highest BCUT2D eigenvalue weighted by Crippen LogP contribution is 1.84. The number of carbonyl (C=O) groups excluding carboxylic acids is 1. The molecule has 1 atom stereocenters. The molecule has 0 aromatic carbocycles. The van der Waals surface area contributed by atoms with E-state index in [4.69, 9.17) is 10.8 Å². The fourth-order valence-electron chi connectivity index (χ4n) is 0.335. The lowest BCUT2D eigenvalue weighted by molar-refractivity contribution is -0.152. The van der Waals surface area contributed by atoms with E-state index in [9.17, 15) is 4.79 Å². The minimum absolute atomic E-state index is 0. The van der Waals surface area contributed by atoms with Crippen molar-refractivity contribution in [1.29, 1.82) is 0 Å². The molecule has 4 nitrogen and oxygen atoms in total. The minimum Gasteiger partial charge on any atom is -0.464 e. The van der Waals surface area contributed by atoms with Gasteiger partial charge in [-0.3, -0.25) is 0 Å². The molecule has 0 saturated carbocycles. The molecule has 0 unspecified atom stereocenters. The number of aliphatic hydroxyl groups excluding tert-OH is 1. The first kappa shape index (κ1) is 12.4. The van der Waals surface area contributed by atoms with Crippen LogP contribution in [0.2, 0.25) is 0 Å². The average Bonchev–Trinajstić information content (AvgIpc) is 1.87. The maximum atomic E-state index is 10.4. The van der Waals surface area contributed by atoms with Gasteiger partial charge in [-0.1, -0.05) is 0 Å². The van der Waals surface area contributed by atoms with Gasteiger partial charge in [0.05, 0.1) is 6.61 Å². The predicted octanol–water partition coefficient (Wildman–Crippen LogP) is -0.709. The van der Waals surface area contributed by atoms with E-state index in [1.807, 2.05) is 0 Å². The highest BCUT2D eigenvalue weighted by Gasteiger charge is 2.12. The van der Waals surface area contributed by atoms with Crippen LogP contribution in [0.25, 0.3) is 0 Å². The SMILES string of the molecule is CCOC(=O)[C@H](O)CN.Cl. The second-order valence-corrected chi connectivity index (χ2v) is 1.50. The largest absolute Gasteiger partial charge is 0.464 e. The van der Waals surface area contributed by atoms with Gasteiger partial charge < -0.3 is 15.6 Å². The zero-order valence-electron chi connectivity index (χ0n) is 5.74. The Morgan fingerprint density at radius 1 is 1.80 bits per heavy atom. The van der Waals surface area contributed by atoms with E-state index in [0.29, 0.717) is 0 Å². The van der Waals surface area contributed by atoms with E-state index in [0.717, 1.165) is 0 Å². The highest BCUT2D eigenvalue weighted by molar-refractivity contribution is 5.85. The number of ether oxygens (including phenoxy) is 1. The molecule has 0 saturated heterocycles. The van der Waals surface area contributed by atoms with Crippen LogP contribution in [0.3, 0.4) is 0 Å². The van der Waals surface area contributed by atoms with Crippen molar-refractivity contribution < 1.29 is 14.6 Å². The number of nitrogens with two attached hydrogens (primary N) is 1. The van der Waals surface area contributed by atoms with Gasteiger partial charge in [0, 0.05) is 6.54 Å². The van der Waals surface area contributed by atoms with Crippen LogP contribution >= 0.6 is 12.4 Å². The Morgan fingerprint density at radius 2 is 2.30 bits per heavy atom. The molecule has 0 aromatic rings. The van der Waals surface area contributed by atoms with Gasteiger partial charge in [-0.25, -0.2) is 4.79 Å². The van der Waals surface area contributed by atoms with E-state index in [1.54, 1.807) is 6.92 Å². The lowest BCUT2D eigenvalue weighted by atomic mass is 10.4. The Kier molecular flexibility index (Phi) is 8.40. The monoisotopic (exact) mass is 169 g/mol. The number of hydrogen-bond donors (Lipinski definition) is 2. The molecule has 0 aliphatic heterocycles. The van der Waals surface area contributed by atoms with Gasteiger partial charge in [0.25, 0.3) is 0 Å². The number of aliphatic hydroxyl groups is 1. The zero-order valence-corrected chi connectivity index (χ0v) is 6.56. The van der Waals surface area contributed by atoms with Crippen molar-refractivity contribution in [3.05, 3.63) is 0 Å². The summed E-state index contributed by atoms with van der Waals surface area (Å²) in [6, 6.07) is 0. The van der Waals surface area contributed by atoms with Crippen molar-refractivity contribution in [3.63, 3.8) is 0 Å².